The fourth-order valence-corrected chi connectivity index (χ4v) is 3.85. The van der Waals surface area contributed by atoms with Gasteiger partial charge >= 0.3 is 0 Å². The van der Waals surface area contributed by atoms with Crippen LogP contribution in [0.1, 0.15) is 22.3 Å². The second-order valence-electron chi connectivity index (χ2n) is 4.75. The van der Waals surface area contributed by atoms with Crippen LogP contribution < -0.4 is 16.6 Å². The highest BCUT2D eigenvalue weighted by Gasteiger charge is 2.29. The van der Waals surface area contributed by atoms with Gasteiger partial charge in [-0.15, -0.1) is 0 Å². The maximum atomic E-state index is 12.1. The lowest BCUT2D eigenvalue weighted by molar-refractivity contribution is 0.0940. The van der Waals surface area contributed by atoms with Gasteiger partial charge in [0, 0.05) is 17.3 Å². The topological polar surface area (TPSA) is 101 Å². The van der Waals surface area contributed by atoms with Gasteiger partial charge in [0.2, 0.25) is 0 Å². The number of amides is 1. The highest BCUT2D eigenvalue weighted by Crippen LogP contribution is 2.16. The van der Waals surface area contributed by atoms with E-state index in [-0.39, 0.29) is 23.5 Å². The van der Waals surface area contributed by atoms with E-state index in [1.807, 2.05) is 0 Å². The first-order chi connectivity index (χ1) is 8.91. The molecule has 0 saturated carbocycles. The van der Waals surface area contributed by atoms with Gasteiger partial charge in [-0.1, -0.05) is 0 Å². The lowest BCUT2D eigenvalue weighted by Gasteiger charge is -2.13. The van der Waals surface area contributed by atoms with Crippen LogP contribution in [0.25, 0.3) is 0 Å². The maximum absolute atomic E-state index is 12.1. The van der Waals surface area contributed by atoms with Crippen LogP contribution in [0.15, 0.2) is 18.2 Å². The summed E-state index contributed by atoms with van der Waals surface area (Å²) in [7, 11) is -2.99. The van der Waals surface area contributed by atoms with Crippen molar-refractivity contribution in [2.24, 2.45) is 5.84 Å². The summed E-state index contributed by atoms with van der Waals surface area (Å²) in [5.74, 6) is 5.22. The molecule has 2 rings (SSSR count). The zero-order valence-electron chi connectivity index (χ0n) is 10.6. The third kappa shape index (κ3) is 3.24. The smallest absolute Gasteiger partial charge is 0.251 e. The number of hydrogen-bond donors (Lipinski definition) is 3. The van der Waals surface area contributed by atoms with Crippen LogP contribution >= 0.6 is 0 Å². The Kier molecular flexibility index (Phi) is 3.77. The fraction of sp³-hybridized carbons (Fsp3) is 0.417. The molecule has 1 aromatic carbocycles. The Balaban J connectivity index is 2.08. The van der Waals surface area contributed by atoms with E-state index < -0.39 is 9.84 Å². The number of hydrazine groups is 1. The molecule has 1 heterocycles. The molecule has 0 spiro atoms. The van der Waals surface area contributed by atoms with Gasteiger partial charge in [-0.3, -0.25) is 10.6 Å². The number of nitrogens with one attached hydrogen (secondary N) is 2. The molecule has 1 amide bonds. The standard InChI is InChI=1S/C12H17N3O3S/c1-8-6-9(15-13)2-3-11(8)12(16)14-10-4-5-19(17,18)7-10/h2-3,6,10,15H,4-5,7,13H2,1H3,(H,14,16). The highest BCUT2D eigenvalue weighted by molar-refractivity contribution is 7.91. The number of hydrogen-bond acceptors (Lipinski definition) is 5. The van der Waals surface area contributed by atoms with Crippen molar-refractivity contribution in [2.75, 3.05) is 16.9 Å². The first kappa shape index (κ1) is 13.8. The minimum Gasteiger partial charge on any atom is -0.348 e. The number of carbonyl (C=O) groups excluding carboxylic acids is 1. The predicted octanol–water partition coefficient (Wildman–Crippen LogP) is 0.198. The van der Waals surface area contributed by atoms with E-state index in [2.05, 4.69) is 10.7 Å². The van der Waals surface area contributed by atoms with E-state index in [1.165, 1.54) is 0 Å². The second kappa shape index (κ2) is 5.18. The molecule has 1 unspecified atom stereocenters. The minimum absolute atomic E-state index is 0.0280. The molecule has 19 heavy (non-hydrogen) atoms. The van der Waals surface area contributed by atoms with Crippen LogP contribution in [-0.4, -0.2) is 31.9 Å². The molecule has 0 bridgehead atoms. The molecule has 6 nitrogen and oxygen atoms in total. The van der Waals surface area contributed by atoms with Crippen molar-refractivity contribution in [2.45, 2.75) is 19.4 Å². The predicted molar refractivity (Wildman–Crippen MR) is 73.5 cm³/mol. The van der Waals surface area contributed by atoms with Gasteiger partial charge in [-0.25, -0.2) is 8.42 Å². The molecule has 1 atom stereocenters. The summed E-state index contributed by atoms with van der Waals surface area (Å²) < 4.78 is 22.7. The molecule has 0 aromatic heterocycles. The molecule has 1 aliphatic rings. The number of benzene rings is 1. The Labute approximate surface area is 112 Å². The molecule has 7 heteroatoms. The van der Waals surface area contributed by atoms with Gasteiger partial charge in [0.05, 0.1) is 11.5 Å². The van der Waals surface area contributed by atoms with Crippen molar-refractivity contribution in [3.63, 3.8) is 0 Å². The van der Waals surface area contributed by atoms with Crippen molar-refractivity contribution in [1.82, 2.24) is 5.32 Å². The molecular formula is C12H17N3O3S. The van der Waals surface area contributed by atoms with E-state index in [4.69, 9.17) is 5.84 Å². The molecule has 1 aromatic rings. The van der Waals surface area contributed by atoms with E-state index in [1.54, 1.807) is 25.1 Å². The van der Waals surface area contributed by atoms with Crippen LogP contribution in [0.3, 0.4) is 0 Å². The van der Waals surface area contributed by atoms with Crippen LogP contribution in [0.5, 0.6) is 0 Å². The monoisotopic (exact) mass is 283 g/mol. The molecule has 1 fully saturated rings. The van der Waals surface area contributed by atoms with Crippen LogP contribution in [-0.2, 0) is 9.84 Å². The Morgan fingerprint density at radius 1 is 1.42 bits per heavy atom. The summed E-state index contributed by atoms with van der Waals surface area (Å²) in [6, 6.07) is 4.85. The summed E-state index contributed by atoms with van der Waals surface area (Å²) in [6.07, 6.45) is 0.482. The van der Waals surface area contributed by atoms with Gasteiger partial charge in [0.15, 0.2) is 9.84 Å². The van der Waals surface area contributed by atoms with Crippen molar-refractivity contribution in [1.29, 1.82) is 0 Å². The normalized spacial score (nSPS) is 21.1. The quantitative estimate of drug-likeness (QED) is 0.543. The lowest BCUT2D eigenvalue weighted by atomic mass is 10.1. The zero-order valence-corrected chi connectivity index (χ0v) is 11.5. The van der Waals surface area contributed by atoms with Crippen molar-refractivity contribution in [3.8, 4) is 0 Å². The number of nitrogen functional groups attached to an aromatic ring is 1. The summed E-state index contributed by atoms with van der Waals surface area (Å²) >= 11 is 0. The first-order valence-corrected chi connectivity index (χ1v) is 7.82. The van der Waals surface area contributed by atoms with E-state index in [9.17, 15) is 13.2 Å². The van der Waals surface area contributed by atoms with Crippen molar-refractivity contribution >= 4 is 21.4 Å². The lowest BCUT2D eigenvalue weighted by Crippen LogP contribution is -2.35. The number of carbonyl (C=O) groups is 1. The molecule has 4 N–H and O–H groups in total. The van der Waals surface area contributed by atoms with Gasteiger partial charge in [0.1, 0.15) is 0 Å². The van der Waals surface area contributed by atoms with Crippen LogP contribution in [0, 0.1) is 6.92 Å². The molecule has 1 aliphatic heterocycles. The second-order valence-corrected chi connectivity index (χ2v) is 6.98. The SMILES string of the molecule is Cc1cc(NN)ccc1C(=O)NC1CCS(=O)(=O)C1. The molecule has 1 saturated heterocycles. The molecular weight excluding hydrogens is 266 g/mol. The molecule has 0 radical (unpaired) electrons. The van der Waals surface area contributed by atoms with Crippen LogP contribution in [0.2, 0.25) is 0 Å². The molecule has 0 aliphatic carbocycles. The van der Waals surface area contributed by atoms with E-state index in [0.29, 0.717) is 12.0 Å². The minimum atomic E-state index is -2.99. The third-order valence-corrected chi connectivity index (χ3v) is 4.97. The molecule has 104 valence electrons. The maximum Gasteiger partial charge on any atom is 0.251 e. The Bertz CT molecular complexity index is 598. The first-order valence-electron chi connectivity index (χ1n) is 6.00. The van der Waals surface area contributed by atoms with Crippen molar-refractivity contribution in [3.05, 3.63) is 29.3 Å². The summed E-state index contributed by atoms with van der Waals surface area (Å²) in [5.41, 5.74) is 4.54. The highest BCUT2D eigenvalue weighted by atomic mass is 32.2. The largest absolute Gasteiger partial charge is 0.348 e. The third-order valence-electron chi connectivity index (χ3n) is 3.21. The Hall–Kier alpha value is -1.60. The van der Waals surface area contributed by atoms with E-state index >= 15 is 0 Å². The zero-order chi connectivity index (χ0) is 14.0. The summed E-state index contributed by atoms with van der Waals surface area (Å²) in [6.45, 7) is 1.81. The van der Waals surface area contributed by atoms with Gasteiger partial charge in [-0.2, -0.15) is 0 Å². The number of nitrogens with two attached hydrogens (primary N) is 1. The van der Waals surface area contributed by atoms with Gasteiger partial charge < -0.3 is 10.7 Å². The average molecular weight is 283 g/mol. The number of anilines is 1. The summed E-state index contributed by atoms with van der Waals surface area (Å²) in [5, 5.41) is 2.76. The van der Waals surface area contributed by atoms with Gasteiger partial charge in [0.25, 0.3) is 5.91 Å². The number of aryl methyl sites for hydroxylation is 1. The summed E-state index contributed by atoms with van der Waals surface area (Å²) in [4.78, 5) is 12.1. The Morgan fingerprint density at radius 2 is 2.16 bits per heavy atom. The number of rotatable bonds is 3. The average Bonchev–Trinajstić information content (AvgIpc) is 2.68. The Morgan fingerprint density at radius 3 is 2.68 bits per heavy atom. The number of sulfone groups is 1. The fourth-order valence-electron chi connectivity index (χ4n) is 2.18. The van der Waals surface area contributed by atoms with Crippen LogP contribution in [0.4, 0.5) is 5.69 Å². The van der Waals surface area contributed by atoms with Crippen molar-refractivity contribution < 1.29 is 13.2 Å². The van der Waals surface area contributed by atoms with E-state index in [0.717, 1.165) is 11.3 Å². The van der Waals surface area contributed by atoms with Gasteiger partial charge in [-0.05, 0) is 37.1 Å².